The van der Waals surface area contributed by atoms with E-state index in [4.69, 9.17) is 0 Å². The Bertz CT molecular complexity index is 307. The maximum absolute atomic E-state index is 11.9. The van der Waals surface area contributed by atoms with Gasteiger partial charge in [-0.05, 0) is 24.3 Å². The van der Waals surface area contributed by atoms with Crippen molar-refractivity contribution in [2.75, 3.05) is 0 Å². The Labute approximate surface area is 123 Å². The Morgan fingerprint density at radius 3 is 0.750 bits per heavy atom. The molecule has 0 aromatic heterocycles. The molecule has 0 heterocycles. The fourth-order valence-electron chi connectivity index (χ4n) is 0.829. The minimum absolute atomic E-state index is 0.178. The van der Waals surface area contributed by atoms with Crippen LogP contribution >= 0.6 is 0 Å². The van der Waals surface area contributed by atoms with E-state index < -0.39 is 0 Å². The number of hydrogen-bond acceptors (Lipinski definition) is 0. The van der Waals surface area contributed by atoms with Crippen LogP contribution in [-0.4, -0.2) is 0 Å². The molecule has 0 unspecified atom stereocenters. The first-order chi connectivity index (χ1) is 9.79. The lowest BCUT2D eigenvalue weighted by Crippen LogP contribution is -1.63. The number of rotatable bonds is 0. The second-order valence-electron chi connectivity index (χ2n) is 2.59. The van der Waals surface area contributed by atoms with Crippen LogP contribution in [0.25, 0.3) is 0 Å². The number of hydrogen-bond donors (Lipinski definition) is 0. The van der Waals surface area contributed by atoms with Crippen molar-refractivity contribution in [1.29, 1.82) is 0 Å². The van der Waals surface area contributed by atoms with Gasteiger partial charge in [0.15, 0.2) is 0 Å². The monoisotopic (exact) mass is 282 g/mol. The van der Waals surface area contributed by atoms with Crippen LogP contribution in [0.1, 0.15) is 41.5 Å². The smallest absolute Gasteiger partial charge is 0.123 e. The molecule has 2 heteroatoms. The van der Waals surface area contributed by atoms with E-state index in [1.54, 1.807) is 36.4 Å². The van der Waals surface area contributed by atoms with E-state index in [0.717, 1.165) is 0 Å². The molecule has 0 spiro atoms. The lowest BCUT2D eigenvalue weighted by Gasteiger charge is -1.78. The van der Waals surface area contributed by atoms with Gasteiger partial charge in [-0.3, -0.25) is 0 Å². The molecule has 0 atom stereocenters. The third-order valence-electron chi connectivity index (χ3n) is 1.47. The first-order valence-corrected chi connectivity index (χ1v) is 7.20. The third kappa shape index (κ3) is 18.7. The summed E-state index contributed by atoms with van der Waals surface area (Å²) in [5, 5.41) is 0. The second kappa shape index (κ2) is 22.5. The van der Waals surface area contributed by atoms with Crippen molar-refractivity contribution in [3.8, 4) is 0 Å². The Kier molecular flexibility index (Phi) is 26.3. The number of benzene rings is 2. The normalized spacial score (nSPS) is 7.00. The minimum Gasteiger partial charge on any atom is -0.207 e. The van der Waals surface area contributed by atoms with Crippen LogP contribution in [0.5, 0.6) is 0 Å². The zero-order chi connectivity index (χ0) is 16.2. The van der Waals surface area contributed by atoms with Crippen molar-refractivity contribution in [2.45, 2.75) is 41.5 Å². The van der Waals surface area contributed by atoms with Gasteiger partial charge in [0.05, 0.1) is 0 Å². The Balaban J connectivity index is -0.000000211. The van der Waals surface area contributed by atoms with Crippen LogP contribution < -0.4 is 0 Å². The molecular weight excluding hydrogens is 254 g/mol. The van der Waals surface area contributed by atoms with Crippen molar-refractivity contribution >= 4 is 0 Å². The zero-order valence-electron chi connectivity index (χ0n) is 13.5. The molecule has 0 aliphatic heterocycles. The van der Waals surface area contributed by atoms with E-state index in [1.807, 2.05) is 41.5 Å². The molecule has 0 saturated carbocycles. The molecule has 0 nitrogen and oxygen atoms in total. The average molecular weight is 282 g/mol. The molecule has 20 heavy (non-hydrogen) atoms. The molecule has 0 aliphatic rings. The molecule has 2 rings (SSSR count). The van der Waals surface area contributed by atoms with Gasteiger partial charge >= 0.3 is 0 Å². The summed E-state index contributed by atoms with van der Waals surface area (Å²) in [6, 6.07) is 15.9. The van der Waals surface area contributed by atoms with Gasteiger partial charge in [-0.2, -0.15) is 0 Å². The van der Waals surface area contributed by atoms with E-state index in [2.05, 4.69) is 0 Å². The van der Waals surface area contributed by atoms with Crippen molar-refractivity contribution < 1.29 is 8.78 Å². The predicted molar refractivity (Wildman–Crippen MR) is 86.8 cm³/mol. The van der Waals surface area contributed by atoms with Crippen molar-refractivity contribution in [1.82, 2.24) is 0 Å². The fraction of sp³-hybridized carbons (Fsp3) is 0.333. The highest BCUT2D eigenvalue weighted by atomic mass is 19.1. The van der Waals surface area contributed by atoms with Gasteiger partial charge < -0.3 is 0 Å². The average Bonchev–Trinajstić information content (AvgIpc) is 2.55. The molecule has 0 saturated heterocycles. The molecule has 2 aromatic rings. The van der Waals surface area contributed by atoms with Crippen LogP contribution in [0.3, 0.4) is 0 Å². The first-order valence-electron chi connectivity index (χ1n) is 7.20. The van der Waals surface area contributed by atoms with Gasteiger partial charge in [0.1, 0.15) is 11.6 Å². The summed E-state index contributed by atoms with van der Waals surface area (Å²) >= 11 is 0. The Morgan fingerprint density at radius 1 is 0.450 bits per heavy atom. The second-order valence-corrected chi connectivity index (χ2v) is 2.59. The van der Waals surface area contributed by atoms with E-state index in [1.165, 1.54) is 24.3 Å². The van der Waals surface area contributed by atoms with Gasteiger partial charge in [0.25, 0.3) is 0 Å². The van der Waals surface area contributed by atoms with Gasteiger partial charge in [0, 0.05) is 0 Å². The molecule has 0 fully saturated rings. The molecule has 0 amide bonds. The van der Waals surface area contributed by atoms with Gasteiger partial charge in [-0.25, -0.2) is 8.78 Å². The SMILES string of the molecule is CC.CC.CC.Fc1ccccc1.Fc1ccccc1. The quantitative estimate of drug-likeness (QED) is 0.502. The van der Waals surface area contributed by atoms with Crippen molar-refractivity contribution in [2.24, 2.45) is 0 Å². The van der Waals surface area contributed by atoms with E-state index >= 15 is 0 Å². The van der Waals surface area contributed by atoms with Crippen LogP contribution in [0.2, 0.25) is 0 Å². The topological polar surface area (TPSA) is 0 Å². The standard InChI is InChI=1S/2C6H5F.3C2H6/c2*7-6-4-2-1-3-5-6;3*1-2/h2*1-5H;3*1-2H3. The maximum atomic E-state index is 11.9. The highest BCUT2D eigenvalue weighted by Crippen LogP contribution is 1.92. The summed E-state index contributed by atoms with van der Waals surface area (Å²) in [5.41, 5.74) is 0. The third-order valence-corrected chi connectivity index (χ3v) is 1.47. The minimum atomic E-state index is -0.178. The van der Waals surface area contributed by atoms with Gasteiger partial charge in [-0.1, -0.05) is 77.9 Å². The van der Waals surface area contributed by atoms with Crippen molar-refractivity contribution in [3.63, 3.8) is 0 Å². The maximum Gasteiger partial charge on any atom is 0.123 e. The summed E-state index contributed by atoms with van der Waals surface area (Å²) in [4.78, 5) is 0. The Morgan fingerprint density at radius 2 is 0.650 bits per heavy atom. The van der Waals surface area contributed by atoms with E-state index in [0.29, 0.717) is 0 Å². The highest BCUT2D eigenvalue weighted by Gasteiger charge is 1.77. The molecule has 0 bridgehead atoms. The van der Waals surface area contributed by atoms with E-state index in [-0.39, 0.29) is 11.6 Å². The highest BCUT2D eigenvalue weighted by molar-refractivity contribution is 5.02. The molecule has 0 N–H and O–H groups in total. The lowest BCUT2D eigenvalue weighted by atomic mass is 10.4. The molecule has 0 radical (unpaired) electrons. The van der Waals surface area contributed by atoms with Crippen LogP contribution in [-0.2, 0) is 0 Å². The fourth-order valence-corrected chi connectivity index (χ4v) is 0.829. The summed E-state index contributed by atoms with van der Waals surface area (Å²) in [6.45, 7) is 12.0. The summed E-state index contributed by atoms with van der Waals surface area (Å²) in [5.74, 6) is -0.356. The number of halogens is 2. The summed E-state index contributed by atoms with van der Waals surface area (Å²) in [6.07, 6.45) is 0. The van der Waals surface area contributed by atoms with Gasteiger partial charge in [0.2, 0.25) is 0 Å². The van der Waals surface area contributed by atoms with Gasteiger partial charge in [-0.15, -0.1) is 0 Å². The summed E-state index contributed by atoms with van der Waals surface area (Å²) in [7, 11) is 0. The van der Waals surface area contributed by atoms with Crippen LogP contribution in [0, 0.1) is 11.6 Å². The van der Waals surface area contributed by atoms with Crippen molar-refractivity contribution in [3.05, 3.63) is 72.3 Å². The first kappa shape index (κ1) is 23.4. The Hall–Kier alpha value is -1.70. The molecular formula is C18H28F2. The summed E-state index contributed by atoms with van der Waals surface area (Å²) < 4.78 is 23.8. The predicted octanol–water partition coefficient (Wildman–Crippen LogP) is 6.73. The van der Waals surface area contributed by atoms with Crippen LogP contribution in [0.4, 0.5) is 8.78 Å². The lowest BCUT2D eigenvalue weighted by molar-refractivity contribution is 0.627. The molecule has 2 aromatic carbocycles. The molecule has 0 aliphatic carbocycles. The zero-order valence-corrected chi connectivity index (χ0v) is 13.5. The molecule has 114 valence electrons. The largest absolute Gasteiger partial charge is 0.207 e. The van der Waals surface area contributed by atoms with E-state index in [9.17, 15) is 8.78 Å². The van der Waals surface area contributed by atoms with Crippen LogP contribution in [0.15, 0.2) is 60.7 Å².